The summed E-state index contributed by atoms with van der Waals surface area (Å²) in [6.07, 6.45) is -4.83. The molecule has 0 atom stereocenters. The molecule has 2 rings (SSSR count). The second-order valence-corrected chi connectivity index (χ2v) is 3.55. The third-order valence-electron chi connectivity index (χ3n) is 2.21. The molecule has 0 aliphatic rings. The monoisotopic (exact) mass is 274 g/mol. The number of hydrogen-bond acceptors (Lipinski definition) is 4. The van der Waals surface area contributed by atoms with Crippen molar-refractivity contribution in [3.63, 3.8) is 0 Å². The van der Waals surface area contributed by atoms with E-state index in [9.17, 15) is 18.0 Å². The molecule has 0 saturated heterocycles. The zero-order valence-corrected chi connectivity index (χ0v) is 9.78. The summed E-state index contributed by atoms with van der Waals surface area (Å²) >= 11 is 0. The predicted molar refractivity (Wildman–Crippen MR) is 58.9 cm³/mol. The van der Waals surface area contributed by atoms with Crippen molar-refractivity contribution in [3.05, 3.63) is 30.0 Å². The van der Waals surface area contributed by atoms with Gasteiger partial charge < -0.3 is 13.9 Å². The fourth-order valence-electron chi connectivity index (χ4n) is 1.54. The molecule has 0 radical (unpaired) electrons. The predicted octanol–water partition coefficient (Wildman–Crippen LogP) is 3.51. The first-order chi connectivity index (χ1) is 8.90. The second-order valence-electron chi connectivity index (χ2n) is 3.55. The molecule has 0 spiro atoms. The van der Waals surface area contributed by atoms with Gasteiger partial charge in [-0.25, -0.2) is 4.79 Å². The summed E-state index contributed by atoms with van der Waals surface area (Å²) in [5.74, 6) is -1.41. The quantitative estimate of drug-likeness (QED) is 0.803. The Kier molecular flexibility index (Phi) is 3.37. The maximum absolute atomic E-state index is 12.2. The topological polar surface area (TPSA) is 48.7 Å². The van der Waals surface area contributed by atoms with E-state index < -0.39 is 18.1 Å². The lowest BCUT2D eigenvalue weighted by atomic mass is 10.2. The van der Waals surface area contributed by atoms with Crippen LogP contribution in [0.15, 0.2) is 28.7 Å². The van der Waals surface area contributed by atoms with E-state index in [1.165, 1.54) is 18.2 Å². The Bertz CT molecular complexity index is 601. The van der Waals surface area contributed by atoms with E-state index in [-0.39, 0.29) is 18.0 Å². The van der Waals surface area contributed by atoms with E-state index in [2.05, 4.69) is 4.74 Å². The highest BCUT2D eigenvalue weighted by Gasteiger charge is 2.32. The van der Waals surface area contributed by atoms with Gasteiger partial charge in [-0.15, -0.1) is 13.2 Å². The van der Waals surface area contributed by atoms with Gasteiger partial charge in [0.25, 0.3) is 0 Å². The summed E-state index contributed by atoms with van der Waals surface area (Å²) in [6.45, 7) is 1.75. The number of hydrogen-bond donors (Lipinski definition) is 0. The molecule has 1 aromatic heterocycles. The van der Waals surface area contributed by atoms with Gasteiger partial charge in [0.2, 0.25) is 5.76 Å². The standard InChI is InChI=1S/C12H9F3O4/c1-2-17-11(16)9-6-7-4-3-5-8(10(7)18-9)19-12(13,14)15/h3-6H,2H2,1H3. The number of fused-ring (bicyclic) bond motifs is 1. The summed E-state index contributed by atoms with van der Waals surface area (Å²) in [7, 11) is 0. The summed E-state index contributed by atoms with van der Waals surface area (Å²) < 4.78 is 50.2. The second kappa shape index (κ2) is 4.83. The Morgan fingerprint density at radius 3 is 2.74 bits per heavy atom. The Morgan fingerprint density at radius 2 is 2.11 bits per heavy atom. The molecule has 102 valence electrons. The molecule has 0 N–H and O–H groups in total. The van der Waals surface area contributed by atoms with Crippen molar-refractivity contribution in [3.8, 4) is 5.75 Å². The van der Waals surface area contributed by atoms with Gasteiger partial charge in [0, 0.05) is 5.39 Å². The molecule has 0 saturated carbocycles. The Morgan fingerprint density at radius 1 is 1.37 bits per heavy atom. The molecule has 19 heavy (non-hydrogen) atoms. The number of furan rings is 1. The zero-order valence-electron chi connectivity index (χ0n) is 9.78. The van der Waals surface area contributed by atoms with E-state index in [0.29, 0.717) is 5.39 Å². The number of esters is 1. The van der Waals surface area contributed by atoms with Gasteiger partial charge in [0.1, 0.15) is 0 Å². The highest BCUT2D eigenvalue weighted by molar-refractivity contribution is 5.94. The highest BCUT2D eigenvalue weighted by Crippen LogP contribution is 2.32. The van der Waals surface area contributed by atoms with Gasteiger partial charge in [-0.2, -0.15) is 0 Å². The lowest BCUT2D eigenvalue weighted by molar-refractivity contribution is -0.274. The van der Waals surface area contributed by atoms with Crippen LogP contribution >= 0.6 is 0 Å². The van der Waals surface area contributed by atoms with Crippen LogP contribution in [0.2, 0.25) is 0 Å². The molecule has 7 heteroatoms. The van der Waals surface area contributed by atoms with Crippen LogP contribution in [-0.4, -0.2) is 18.9 Å². The number of alkyl halides is 3. The van der Waals surface area contributed by atoms with Crippen molar-refractivity contribution in [2.75, 3.05) is 6.61 Å². The number of halogens is 3. The molecule has 1 aromatic carbocycles. The first-order valence-electron chi connectivity index (χ1n) is 5.36. The average Bonchev–Trinajstić information content (AvgIpc) is 2.72. The molecular formula is C12H9F3O4. The van der Waals surface area contributed by atoms with Crippen molar-refractivity contribution < 1.29 is 31.9 Å². The molecule has 2 aromatic rings. The Labute approximate surface area is 105 Å². The van der Waals surface area contributed by atoms with Crippen LogP contribution < -0.4 is 4.74 Å². The molecule has 1 heterocycles. The van der Waals surface area contributed by atoms with E-state index in [0.717, 1.165) is 6.07 Å². The van der Waals surface area contributed by atoms with Crippen LogP contribution in [0.3, 0.4) is 0 Å². The minimum absolute atomic E-state index is 0.141. The van der Waals surface area contributed by atoms with Crippen molar-refractivity contribution in [1.29, 1.82) is 0 Å². The van der Waals surface area contributed by atoms with E-state index in [1.807, 2.05) is 0 Å². The van der Waals surface area contributed by atoms with Crippen molar-refractivity contribution in [2.24, 2.45) is 0 Å². The molecule has 0 bridgehead atoms. The highest BCUT2D eigenvalue weighted by atomic mass is 19.4. The van der Waals surface area contributed by atoms with Crippen molar-refractivity contribution in [1.82, 2.24) is 0 Å². The smallest absolute Gasteiger partial charge is 0.460 e. The Hall–Kier alpha value is -2.18. The summed E-state index contributed by atoms with van der Waals surface area (Å²) in [4.78, 5) is 11.4. The normalized spacial score (nSPS) is 11.6. The first kappa shape index (κ1) is 13.3. The fourth-order valence-corrected chi connectivity index (χ4v) is 1.54. The molecule has 0 aliphatic carbocycles. The third kappa shape index (κ3) is 2.98. The van der Waals surface area contributed by atoms with E-state index in [1.54, 1.807) is 6.92 Å². The van der Waals surface area contributed by atoms with E-state index >= 15 is 0 Å². The summed E-state index contributed by atoms with van der Waals surface area (Å²) in [6, 6.07) is 5.28. The molecule has 0 amide bonds. The maximum Gasteiger partial charge on any atom is 0.573 e. The van der Waals surface area contributed by atoms with Crippen LogP contribution in [0.1, 0.15) is 17.5 Å². The van der Waals surface area contributed by atoms with Crippen LogP contribution in [0.25, 0.3) is 11.0 Å². The molecule has 0 aliphatic heterocycles. The lowest BCUT2D eigenvalue weighted by Gasteiger charge is -2.08. The average molecular weight is 274 g/mol. The fraction of sp³-hybridized carbons (Fsp3) is 0.250. The van der Waals surface area contributed by atoms with Gasteiger partial charge in [-0.1, -0.05) is 12.1 Å². The molecule has 4 nitrogen and oxygen atoms in total. The third-order valence-corrected chi connectivity index (χ3v) is 2.21. The number of carbonyl (C=O) groups is 1. The number of rotatable bonds is 3. The number of carbonyl (C=O) groups excluding carboxylic acids is 1. The van der Waals surface area contributed by atoms with Gasteiger partial charge in [0.05, 0.1) is 6.61 Å². The number of benzene rings is 1. The minimum atomic E-state index is -4.83. The van der Waals surface area contributed by atoms with Gasteiger partial charge in [-0.3, -0.25) is 0 Å². The van der Waals surface area contributed by atoms with Crippen LogP contribution in [0, 0.1) is 0 Å². The molecular weight excluding hydrogens is 265 g/mol. The first-order valence-corrected chi connectivity index (χ1v) is 5.36. The van der Waals surface area contributed by atoms with Crippen LogP contribution in [0.5, 0.6) is 5.75 Å². The molecule has 0 unspecified atom stereocenters. The number of ether oxygens (including phenoxy) is 2. The minimum Gasteiger partial charge on any atom is -0.460 e. The molecule has 0 fully saturated rings. The Balaban J connectivity index is 2.42. The van der Waals surface area contributed by atoms with Crippen LogP contribution in [-0.2, 0) is 4.74 Å². The lowest BCUT2D eigenvalue weighted by Crippen LogP contribution is -2.17. The van der Waals surface area contributed by atoms with Gasteiger partial charge >= 0.3 is 12.3 Å². The van der Waals surface area contributed by atoms with Gasteiger partial charge in [-0.05, 0) is 19.1 Å². The van der Waals surface area contributed by atoms with E-state index in [4.69, 9.17) is 9.15 Å². The van der Waals surface area contributed by atoms with Crippen LogP contribution in [0.4, 0.5) is 13.2 Å². The van der Waals surface area contributed by atoms with Gasteiger partial charge in [0.15, 0.2) is 11.3 Å². The zero-order chi connectivity index (χ0) is 14.0. The summed E-state index contributed by atoms with van der Waals surface area (Å²) in [5.41, 5.74) is -0.150. The largest absolute Gasteiger partial charge is 0.573 e. The maximum atomic E-state index is 12.2. The summed E-state index contributed by atoms with van der Waals surface area (Å²) in [5, 5.41) is 0.324. The SMILES string of the molecule is CCOC(=O)c1cc2cccc(OC(F)(F)F)c2o1. The van der Waals surface area contributed by atoms with Crippen molar-refractivity contribution in [2.45, 2.75) is 13.3 Å². The number of para-hydroxylation sites is 1. The van der Waals surface area contributed by atoms with Crippen molar-refractivity contribution >= 4 is 16.9 Å².